The Kier molecular flexibility index (Phi) is 5.87. The number of nitrogens with zero attached hydrogens (tertiary/aromatic N) is 4. The Morgan fingerprint density at radius 2 is 2.00 bits per heavy atom. The maximum absolute atomic E-state index is 12.1. The Morgan fingerprint density at radius 1 is 1.32 bits per heavy atom. The summed E-state index contributed by atoms with van der Waals surface area (Å²) in [5, 5.41) is 3.34. The summed E-state index contributed by atoms with van der Waals surface area (Å²) >= 11 is 5.39. The van der Waals surface area contributed by atoms with Crippen molar-refractivity contribution in [2.24, 2.45) is 19.1 Å². The summed E-state index contributed by atoms with van der Waals surface area (Å²) in [6.07, 6.45) is 1.66. The van der Waals surface area contributed by atoms with Gasteiger partial charge in [-0.15, -0.1) is 0 Å². The SMILES string of the molecule is C/C=N\c1c(NCCN2CCOCC2)c(=S)n(C)c(=O)n1C. The highest BCUT2D eigenvalue weighted by Crippen LogP contribution is 2.23. The molecule has 1 aliphatic heterocycles. The molecule has 1 saturated heterocycles. The zero-order valence-corrected chi connectivity index (χ0v) is 14.2. The first-order valence-electron chi connectivity index (χ1n) is 7.39. The van der Waals surface area contributed by atoms with Gasteiger partial charge in [0.1, 0.15) is 10.3 Å². The number of rotatable bonds is 5. The van der Waals surface area contributed by atoms with Gasteiger partial charge in [0.25, 0.3) is 0 Å². The molecule has 1 aromatic heterocycles. The summed E-state index contributed by atoms with van der Waals surface area (Å²) in [5.41, 5.74) is 0.551. The second-order valence-corrected chi connectivity index (χ2v) is 5.56. The van der Waals surface area contributed by atoms with Gasteiger partial charge < -0.3 is 10.1 Å². The van der Waals surface area contributed by atoms with Crippen molar-refractivity contribution < 1.29 is 4.74 Å². The lowest BCUT2D eigenvalue weighted by molar-refractivity contribution is 0.0398. The predicted molar refractivity (Wildman–Crippen MR) is 91.1 cm³/mol. The van der Waals surface area contributed by atoms with E-state index < -0.39 is 0 Å². The minimum atomic E-state index is -0.177. The first-order chi connectivity index (χ1) is 10.6. The van der Waals surface area contributed by atoms with Crippen LogP contribution in [-0.2, 0) is 18.8 Å². The van der Waals surface area contributed by atoms with Crippen molar-refractivity contribution in [1.29, 1.82) is 0 Å². The molecule has 1 aromatic rings. The van der Waals surface area contributed by atoms with Crippen LogP contribution in [0.1, 0.15) is 6.92 Å². The summed E-state index contributed by atoms with van der Waals surface area (Å²) in [7, 11) is 3.38. The Hall–Kier alpha value is -1.51. The summed E-state index contributed by atoms with van der Waals surface area (Å²) < 4.78 is 8.78. The largest absolute Gasteiger partial charge is 0.379 e. The van der Waals surface area contributed by atoms with Crippen molar-refractivity contribution in [1.82, 2.24) is 14.0 Å². The van der Waals surface area contributed by atoms with Gasteiger partial charge >= 0.3 is 5.69 Å². The number of anilines is 1. The number of hydrogen-bond donors (Lipinski definition) is 1. The molecule has 1 N–H and O–H groups in total. The van der Waals surface area contributed by atoms with Crippen LogP contribution in [0.25, 0.3) is 0 Å². The predicted octanol–water partition coefficient (Wildman–Crippen LogP) is 0.920. The average molecular weight is 325 g/mol. The van der Waals surface area contributed by atoms with Crippen LogP contribution in [0.5, 0.6) is 0 Å². The van der Waals surface area contributed by atoms with Crippen LogP contribution >= 0.6 is 12.2 Å². The molecule has 0 bridgehead atoms. The van der Waals surface area contributed by atoms with Crippen molar-refractivity contribution >= 4 is 29.9 Å². The van der Waals surface area contributed by atoms with Gasteiger partial charge in [-0.3, -0.25) is 14.0 Å². The minimum Gasteiger partial charge on any atom is -0.379 e. The van der Waals surface area contributed by atoms with Gasteiger partial charge in [-0.2, -0.15) is 0 Å². The fraction of sp³-hybridized carbons (Fsp3) is 0.643. The quantitative estimate of drug-likeness (QED) is 0.644. The van der Waals surface area contributed by atoms with Crippen LogP contribution in [0.2, 0.25) is 0 Å². The molecule has 0 radical (unpaired) electrons. The summed E-state index contributed by atoms with van der Waals surface area (Å²) in [6, 6.07) is 0. The molecular weight excluding hydrogens is 302 g/mol. The third-order valence-electron chi connectivity index (χ3n) is 3.72. The molecular formula is C14H23N5O2S. The number of hydrogen-bond acceptors (Lipinski definition) is 6. The maximum Gasteiger partial charge on any atom is 0.330 e. The van der Waals surface area contributed by atoms with E-state index >= 15 is 0 Å². The first kappa shape index (κ1) is 16.9. The number of aromatic nitrogens is 2. The van der Waals surface area contributed by atoms with E-state index in [2.05, 4.69) is 15.2 Å². The first-order valence-corrected chi connectivity index (χ1v) is 7.79. The smallest absolute Gasteiger partial charge is 0.330 e. The topological polar surface area (TPSA) is 63.8 Å². The Labute approximate surface area is 135 Å². The van der Waals surface area contributed by atoms with Crippen molar-refractivity contribution in [3.8, 4) is 0 Å². The molecule has 0 unspecified atom stereocenters. The maximum atomic E-state index is 12.1. The van der Waals surface area contributed by atoms with Crippen LogP contribution in [0.4, 0.5) is 11.5 Å². The average Bonchev–Trinajstić information content (AvgIpc) is 2.54. The van der Waals surface area contributed by atoms with Crippen LogP contribution in [-0.4, -0.2) is 59.6 Å². The van der Waals surface area contributed by atoms with E-state index in [9.17, 15) is 4.79 Å². The van der Waals surface area contributed by atoms with Gasteiger partial charge in [0, 0.05) is 46.5 Å². The minimum absolute atomic E-state index is 0.177. The third-order valence-corrected chi connectivity index (χ3v) is 4.20. The molecule has 0 aromatic carbocycles. The van der Waals surface area contributed by atoms with Crippen molar-refractivity contribution in [3.63, 3.8) is 0 Å². The lowest BCUT2D eigenvalue weighted by atomic mass is 10.4. The standard InChI is InChI=1S/C14H23N5O2S/c1-4-15-12-11(13(22)18(3)14(20)17(12)2)16-5-6-19-7-9-21-10-8-19/h4,16H,5-10H2,1-3H3/b15-4-. The zero-order valence-electron chi connectivity index (χ0n) is 13.3. The highest BCUT2D eigenvalue weighted by molar-refractivity contribution is 7.71. The molecule has 22 heavy (non-hydrogen) atoms. The molecule has 1 aliphatic rings. The van der Waals surface area contributed by atoms with E-state index in [0.29, 0.717) is 10.5 Å². The molecule has 8 heteroatoms. The van der Waals surface area contributed by atoms with Gasteiger partial charge in [0.15, 0.2) is 5.82 Å². The molecule has 0 amide bonds. The van der Waals surface area contributed by atoms with Crippen LogP contribution in [0.15, 0.2) is 9.79 Å². The van der Waals surface area contributed by atoms with E-state index in [1.54, 1.807) is 20.3 Å². The van der Waals surface area contributed by atoms with E-state index in [-0.39, 0.29) is 5.69 Å². The monoisotopic (exact) mass is 325 g/mol. The van der Waals surface area contributed by atoms with Gasteiger partial charge in [0.05, 0.1) is 13.2 Å². The van der Waals surface area contributed by atoms with Crippen LogP contribution in [0, 0.1) is 4.64 Å². The number of aliphatic imine (C=N–C) groups is 1. The lowest BCUT2D eigenvalue weighted by Gasteiger charge is -2.26. The molecule has 122 valence electrons. The molecule has 7 nitrogen and oxygen atoms in total. The highest BCUT2D eigenvalue weighted by atomic mass is 32.1. The molecule has 0 aliphatic carbocycles. The van der Waals surface area contributed by atoms with Crippen molar-refractivity contribution in [2.75, 3.05) is 44.7 Å². The number of ether oxygens (including phenoxy) is 1. The summed E-state index contributed by atoms with van der Waals surface area (Å²) in [5.74, 6) is 0.567. The summed E-state index contributed by atoms with van der Waals surface area (Å²) in [4.78, 5) is 18.7. The summed E-state index contributed by atoms with van der Waals surface area (Å²) in [6.45, 7) is 6.93. The fourth-order valence-corrected chi connectivity index (χ4v) is 2.67. The van der Waals surface area contributed by atoms with E-state index in [0.717, 1.165) is 45.1 Å². The van der Waals surface area contributed by atoms with Gasteiger partial charge in [0.2, 0.25) is 0 Å². The van der Waals surface area contributed by atoms with Crippen LogP contribution < -0.4 is 11.0 Å². The van der Waals surface area contributed by atoms with Crippen LogP contribution in [0.3, 0.4) is 0 Å². The van der Waals surface area contributed by atoms with Gasteiger partial charge in [-0.05, 0) is 6.92 Å². The molecule has 2 heterocycles. The fourth-order valence-electron chi connectivity index (χ4n) is 2.43. The molecule has 0 spiro atoms. The third kappa shape index (κ3) is 3.63. The van der Waals surface area contributed by atoms with Gasteiger partial charge in [-0.25, -0.2) is 9.79 Å². The van der Waals surface area contributed by atoms with Gasteiger partial charge in [-0.1, -0.05) is 12.2 Å². The van der Waals surface area contributed by atoms with E-state index in [1.807, 2.05) is 6.92 Å². The lowest BCUT2D eigenvalue weighted by Crippen LogP contribution is -2.39. The molecule has 1 fully saturated rings. The Bertz CT molecular complexity index is 658. The Balaban J connectivity index is 2.18. The zero-order chi connectivity index (χ0) is 16.1. The van der Waals surface area contributed by atoms with E-state index in [4.69, 9.17) is 17.0 Å². The van der Waals surface area contributed by atoms with Crippen molar-refractivity contribution in [2.45, 2.75) is 6.92 Å². The second-order valence-electron chi connectivity index (χ2n) is 5.17. The van der Waals surface area contributed by atoms with Crippen molar-refractivity contribution in [3.05, 3.63) is 15.1 Å². The molecule has 0 atom stereocenters. The Morgan fingerprint density at radius 3 is 2.64 bits per heavy atom. The number of nitrogens with one attached hydrogen (secondary N) is 1. The molecule has 0 saturated carbocycles. The normalized spacial score (nSPS) is 16.3. The molecule has 2 rings (SSSR count). The van der Waals surface area contributed by atoms with E-state index in [1.165, 1.54) is 9.13 Å². The second kappa shape index (κ2) is 7.66. The number of morpholine rings is 1. The highest BCUT2D eigenvalue weighted by Gasteiger charge is 2.13.